The molecule has 0 N–H and O–H groups in total. The van der Waals surface area contributed by atoms with Crippen molar-refractivity contribution < 1.29 is 23.0 Å². The summed E-state index contributed by atoms with van der Waals surface area (Å²) in [6.45, 7) is 2.73. The quantitative estimate of drug-likeness (QED) is 0.656. The number of alkyl halides is 1. The molecule has 0 aromatic carbocycles. The molecular weight excluding hydrogens is 432 g/mol. The fourth-order valence-electron chi connectivity index (χ4n) is 5.27. The topological polar surface area (TPSA) is 72.8 Å². The lowest BCUT2D eigenvalue weighted by molar-refractivity contribution is -0.0736. The van der Waals surface area contributed by atoms with E-state index in [9.17, 15) is 8.78 Å². The maximum absolute atomic E-state index is 15.0. The molecule has 0 saturated carbocycles. The fraction of sp³-hybridized carbons (Fsp3) is 0.650. The highest BCUT2D eigenvalue weighted by Crippen LogP contribution is 2.43. The molecule has 0 amide bonds. The van der Waals surface area contributed by atoms with Crippen molar-refractivity contribution in [2.45, 2.75) is 36.5 Å². The van der Waals surface area contributed by atoms with E-state index in [0.29, 0.717) is 44.0 Å². The van der Waals surface area contributed by atoms with Crippen LogP contribution in [0.5, 0.6) is 11.9 Å². The van der Waals surface area contributed by atoms with Gasteiger partial charge in [-0.3, -0.25) is 4.90 Å². The first kappa shape index (κ1) is 19.6. The number of ether oxygens (including phenoxy) is 3. The maximum Gasteiger partial charge on any atom is 0.319 e. The van der Waals surface area contributed by atoms with Gasteiger partial charge in [0.05, 0.1) is 18.8 Å². The molecule has 0 aliphatic carbocycles. The van der Waals surface area contributed by atoms with Gasteiger partial charge >= 0.3 is 6.01 Å². The van der Waals surface area contributed by atoms with Gasteiger partial charge < -0.3 is 19.1 Å². The highest BCUT2D eigenvalue weighted by Gasteiger charge is 2.50. The van der Waals surface area contributed by atoms with E-state index in [1.807, 2.05) is 11.9 Å². The molecule has 4 aliphatic heterocycles. The standard InChI is InChI=1S/C20H22ClF2N5O3/c1-27-16-12-14(13(23)15(21)25-17(12)30-10-20(27)7-29-8-20)24-18(26-16)31-9-19-3-2-4-28(19)6-11(22)5-19/h11H,2-10H2,1H3/t11-,19+/m1/s1. The van der Waals surface area contributed by atoms with Gasteiger partial charge in [0.1, 0.15) is 41.6 Å². The highest BCUT2D eigenvalue weighted by molar-refractivity contribution is 6.30. The van der Waals surface area contributed by atoms with Gasteiger partial charge in [0, 0.05) is 20.0 Å². The van der Waals surface area contributed by atoms with E-state index in [1.54, 1.807) is 0 Å². The Labute approximate surface area is 182 Å². The fourth-order valence-corrected chi connectivity index (χ4v) is 5.44. The molecule has 0 radical (unpaired) electrons. The van der Waals surface area contributed by atoms with E-state index < -0.39 is 17.5 Å². The monoisotopic (exact) mass is 453 g/mol. The third-order valence-electron chi connectivity index (χ3n) is 7.15. The number of nitrogens with zero attached hydrogens (tertiary/aromatic N) is 5. The minimum Gasteiger partial charge on any atom is -0.474 e. The van der Waals surface area contributed by atoms with E-state index in [2.05, 4.69) is 19.9 Å². The normalized spacial score (nSPS) is 29.0. The van der Waals surface area contributed by atoms with Gasteiger partial charge in [-0.25, -0.2) is 8.78 Å². The average Bonchev–Trinajstić information content (AvgIpc) is 3.19. The molecule has 3 fully saturated rings. The third-order valence-corrected chi connectivity index (χ3v) is 7.40. The van der Waals surface area contributed by atoms with Crippen LogP contribution in [-0.4, -0.2) is 83.7 Å². The zero-order chi connectivity index (χ0) is 21.4. The Morgan fingerprint density at radius 2 is 2.10 bits per heavy atom. The van der Waals surface area contributed by atoms with Crippen molar-refractivity contribution in [3.05, 3.63) is 11.0 Å². The SMILES string of the molecule is CN1c2nc(OC[C@@]34CCCN3C[C@H](F)C4)nc3c(F)c(Cl)nc(c23)OCC12COC2. The first-order chi connectivity index (χ1) is 14.9. The predicted molar refractivity (Wildman–Crippen MR) is 108 cm³/mol. The lowest BCUT2D eigenvalue weighted by Gasteiger charge is -2.46. The largest absolute Gasteiger partial charge is 0.474 e. The second-order valence-corrected chi connectivity index (χ2v) is 9.36. The van der Waals surface area contributed by atoms with E-state index in [1.165, 1.54) is 0 Å². The molecule has 31 heavy (non-hydrogen) atoms. The van der Waals surface area contributed by atoms with Crippen LogP contribution in [0.1, 0.15) is 19.3 Å². The minimum absolute atomic E-state index is 0.00490. The molecule has 4 aliphatic rings. The second kappa shape index (κ2) is 6.73. The van der Waals surface area contributed by atoms with Gasteiger partial charge in [-0.15, -0.1) is 0 Å². The van der Waals surface area contributed by atoms with Crippen LogP contribution in [0.4, 0.5) is 14.6 Å². The summed E-state index contributed by atoms with van der Waals surface area (Å²) in [5, 5.41) is 0.0315. The Morgan fingerprint density at radius 3 is 2.87 bits per heavy atom. The molecule has 2 aromatic rings. The van der Waals surface area contributed by atoms with Crippen LogP contribution in [0.2, 0.25) is 5.15 Å². The van der Waals surface area contributed by atoms with Gasteiger partial charge in [0.2, 0.25) is 5.88 Å². The molecular formula is C20H22ClF2N5O3. The van der Waals surface area contributed by atoms with Crippen molar-refractivity contribution in [2.75, 3.05) is 51.5 Å². The summed E-state index contributed by atoms with van der Waals surface area (Å²) in [7, 11) is 1.86. The van der Waals surface area contributed by atoms with Gasteiger partial charge in [-0.05, 0) is 19.4 Å². The average molecular weight is 454 g/mol. The van der Waals surface area contributed by atoms with Gasteiger partial charge in [0.15, 0.2) is 11.0 Å². The summed E-state index contributed by atoms with van der Waals surface area (Å²) in [6, 6.07) is 0.0299. The Morgan fingerprint density at radius 1 is 1.26 bits per heavy atom. The molecule has 166 valence electrons. The number of rotatable bonds is 3. The molecule has 3 saturated heterocycles. The first-order valence-electron chi connectivity index (χ1n) is 10.4. The van der Waals surface area contributed by atoms with E-state index in [0.717, 1.165) is 19.4 Å². The Kier molecular flexibility index (Phi) is 4.26. The predicted octanol–water partition coefficient (Wildman–Crippen LogP) is 2.37. The molecule has 0 unspecified atom stereocenters. The molecule has 1 spiro atoms. The smallest absolute Gasteiger partial charge is 0.319 e. The second-order valence-electron chi connectivity index (χ2n) is 9.00. The van der Waals surface area contributed by atoms with Crippen molar-refractivity contribution >= 4 is 28.3 Å². The van der Waals surface area contributed by atoms with Crippen LogP contribution < -0.4 is 14.4 Å². The van der Waals surface area contributed by atoms with Crippen LogP contribution in [-0.2, 0) is 4.74 Å². The molecule has 8 nitrogen and oxygen atoms in total. The van der Waals surface area contributed by atoms with Crippen LogP contribution in [0.25, 0.3) is 10.9 Å². The number of hydrogen-bond acceptors (Lipinski definition) is 8. The first-order valence-corrected chi connectivity index (χ1v) is 10.8. The molecule has 6 heterocycles. The van der Waals surface area contributed by atoms with Crippen molar-refractivity contribution in [3.8, 4) is 11.9 Å². The third kappa shape index (κ3) is 2.81. The molecule has 6 rings (SSSR count). The number of likely N-dealkylation sites (N-methyl/N-ethyl adjacent to an activating group) is 1. The van der Waals surface area contributed by atoms with E-state index >= 15 is 0 Å². The Balaban J connectivity index is 1.42. The Hall–Kier alpha value is -2.04. The maximum atomic E-state index is 15.0. The van der Waals surface area contributed by atoms with Gasteiger partial charge in [0.25, 0.3) is 0 Å². The number of aromatic nitrogens is 3. The van der Waals surface area contributed by atoms with Crippen LogP contribution in [0, 0.1) is 5.82 Å². The summed E-state index contributed by atoms with van der Waals surface area (Å²) in [5.41, 5.74) is -0.797. The highest BCUT2D eigenvalue weighted by atomic mass is 35.5. The van der Waals surface area contributed by atoms with Crippen LogP contribution >= 0.6 is 11.6 Å². The van der Waals surface area contributed by atoms with Gasteiger partial charge in [-0.1, -0.05) is 11.6 Å². The summed E-state index contributed by atoms with van der Waals surface area (Å²) in [4.78, 5) is 17.1. The number of pyridine rings is 1. The molecule has 11 heteroatoms. The summed E-state index contributed by atoms with van der Waals surface area (Å²) in [5.74, 6) is -0.110. The van der Waals surface area contributed by atoms with Crippen molar-refractivity contribution in [1.29, 1.82) is 0 Å². The number of fused-ring (bicyclic) bond motifs is 1. The van der Waals surface area contributed by atoms with E-state index in [-0.39, 0.29) is 34.7 Å². The number of halogens is 3. The van der Waals surface area contributed by atoms with Gasteiger partial charge in [-0.2, -0.15) is 15.0 Å². The molecule has 0 bridgehead atoms. The molecule has 2 aromatic heterocycles. The Bertz CT molecular complexity index is 1070. The number of anilines is 1. The lowest BCUT2D eigenvalue weighted by Crippen LogP contribution is -2.64. The van der Waals surface area contributed by atoms with Crippen molar-refractivity contribution in [2.24, 2.45) is 0 Å². The minimum atomic E-state index is -0.863. The number of hydrogen-bond donors (Lipinski definition) is 0. The van der Waals surface area contributed by atoms with E-state index in [4.69, 9.17) is 25.8 Å². The zero-order valence-corrected chi connectivity index (χ0v) is 17.8. The summed E-state index contributed by atoms with van der Waals surface area (Å²) in [6.07, 6.45) is 1.42. The van der Waals surface area contributed by atoms with Crippen molar-refractivity contribution in [1.82, 2.24) is 19.9 Å². The van der Waals surface area contributed by atoms with Crippen LogP contribution in [0.15, 0.2) is 0 Å². The van der Waals surface area contributed by atoms with Crippen LogP contribution in [0.3, 0.4) is 0 Å². The molecule has 2 atom stereocenters. The summed E-state index contributed by atoms with van der Waals surface area (Å²) < 4.78 is 46.4. The zero-order valence-electron chi connectivity index (χ0n) is 17.0. The lowest BCUT2D eigenvalue weighted by atomic mass is 9.95. The van der Waals surface area contributed by atoms with Crippen molar-refractivity contribution in [3.63, 3.8) is 0 Å². The summed E-state index contributed by atoms with van der Waals surface area (Å²) >= 11 is 6.02.